The van der Waals surface area contributed by atoms with E-state index in [4.69, 9.17) is 9.26 Å². The van der Waals surface area contributed by atoms with E-state index in [0.29, 0.717) is 11.7 Å². The van der Waals surface area contributed by atoms with Crippen molar-refractivity contribution < 1.29 is 14.1 Å². The normalized spacial score (nSPS) is 16.1. The lowest BCUT2D eigenvalue weighted by Gasteiger charge is -2.10. The van der Waals surface area contributed by atoms with Gasteiger partial charge in [0.05, 0.1) is 6.42 Å². The summed E-state index contributed by atoms with van der Waals surface area (Å²) in [6, 6.07) is 9.68. The van der Waals surface area contributed by atoms with Crippen molar-refractivity contribution >= 4 is 5.78 Å². The number of benzene rings is 1. The van der Waals surface area contributed by atoms with Crippen molar-refractivity contribution in [2.45, 2.75) is 25.4 Å². The van der Waals surface area contributed by atoms with Gasteiger partial charge in [0.15, 0.2) is 0 Å². The molecule has 5 heteroatoms. The molecule has 1 unspecified atom stereocenters. The lowest BCUT2D eigenvalue weighted by Crippen LogP contribution is -2.07. The molecule has 0 spiro atoms. The summed E-state index contributed by atoms with van der Waals surface area (Å²) in [6.45, 7) is 0. The van der Waals surface area contributed by atoms with E-state index in [1.54, 1.807) is 7.11 Å². The van der Waals surface area contributed by atoms with Crippen LogP contribution in [0, 0.1) is 5.92 Å². The Morgan fingerprint density at radius 1 is 1.40 bits per heavy atom. The summed E-state index contributed by atoms with van der Waals surface area (Å²) in [6.07, 6.45) is 1.84. The SMILES string of the molecule is COC(c1ccccc1)c1noc(CC(=O)C2CC2)n1. The minimum absolute atomic E-state index is 0.189. The molecule has 1 saturated carbocycles. The summed E-state index contributed by atoms with van der Waals surface area (Å²) >= 11 is 0. The fourth-order valence-corrected chi connectivity index (χ4v) is 2.16. The lowest BCUT2D eigenvalue weighted by atomic mass is 10.1. The third kappa shape index (κ3) is 2.77. The van der Waals surface area contributed by atoms with E-state index in [-0.39, 0.29) is 24.2 Å². The summed E-state index contributed by atoms with van der Waals surface area (Å²) in [5.74, 6) is 1.22. The molecule has 1 aliphatic rings. The van der Waals surface area contributed by atoms with Gasteiger partial charge in [0.2, 0.25) is 11.7 Å². The molecule has 3 rings (SSSR count). The number of rotatable bonds is 6. The second-order valence-corrected chi connectivity index (χ2v) is 4.99. The highest BCUT2D eigenvalue weighted by Gasteiger charge is 2.31. The van der Waals surface area contributed by atoms with Crippen molar-refractivity contribution in [1.82, 2.24) is 10.1 Å². The molecule has 1 fully saturated rings. The summed E-state index contributed by atoms with van der Waals surface area (Å²) in [5.41, 5.74) is 0.955. The van der Waals surface area contributed by atoms with Gasteiger partial charge in [0.25, 0.3) is 0 Å². The van der Waals surface area contributed by atoms with Crippen molar-refractivity contribution in [1.29, 1.82) is 0 Å². The Hall–Kier alpha value is -2.01. The zero-order chi connectivity index (χ0) is 13.9. The van der Waals surface area contributed by atoms with Crippen molar-refractivity contribution in [3.05, 3.63) is 47.6 Å². The van der Waals surface area contributed by atoms with E-state index >= 15 is 0 Å². The number of hydrogen-bond acceptors (Lipinski definition) is 5. The molecule has 0 bridgehead atoms. The second kappa shape index (κ2) is 5.54. The highest BCUT2D eigenvalue weighted by molar-refractivity contribution is 5.84. The van der Waals surface area contributed by atoms with Gasteiger partial charge in [-0.3, -0.25) is 4.79 Å². The summed E-state index contributed by atoms with van der Waals surface area (Å²) in [5, 5.41) is 3.93. The monoisotopic (exact) mass is 272 g/mol. The highest BCUT2D eigenvalue weighted by atomic mass is 16.5. The minimum Gasteiger partial charge on any atom is -0.369 e. The molecular weight excluding hydrogens is 256 g/mol. The van der Waals surface area contributed by atoms with Crippen molar-refractivity contribution in [2.24, 2.45) is 5.92 Å². The number of nitrogens with zero attached hydrogens (tertiary/aromatic N) is 2. The topological polar surface area (TPSA) is 65.2 Å². The Kier molecular flexibility index (Phi) is 3.60. The molecule has 2 aromatic rings. The van der Waals surface area contributed by atoms with E-state index in [1.165, 1.54) is 0 Å². The average Bonchev–Trinajstić information content (AvgIpc) is 3.23. The molecule has 0 N–H and O–H groups in total. The fourth-order valence-electron chi connectivity index (χ4n) is 2.16. The van der Waals surface area contributed by atoms with Gasteiger partial charge in [0.1, 0.15) is 11.9 Å². The predicted octanol–water partition coefficient (Wildman–Crippen LogP) is 2.33. The van der Waals surface area contributed by atoms with Crippen molar-refractivity contribution in [3.63, 3.8) is 0 Å². The average molecular weight is 272 g/mol. The first-order chi connectivity index (χ1) is 9.78. The fraction of sp³-hybridized carbons (Fsp3) is 0.400. The Morgan fingerprint density at radius 2 is 2.15 bits per heavy atom. The third-order valence-corrected chi connectivity index (χ3v) is 3.41. The predicted molar refractivity (Wildman–Crippen MR) is 71.0 cm³/mol. The maximum Gasteiger partial charge on any atom is 0.234 e. The second-order valence-electron chi connectivity index (χ2n) is 4.99. The van der Waals surface area contributed by atoms with Gasteiger partial charge >= 0.3 is 0 Å². The number of methoxy groups -OCH3 is 1. The minimum atomic E-state index is -0.371. The molecule has 1 aliphatic carbocycles. The summed E-state index contributed by atoms with van der Waals surface area (Å²) in [7, 11) is 1.60. The molecule has 1 atom stereocenters. The number of aromatic nitrogens is 2. The molecule has 0 radical (unpaired) electrons. The Morgan fingerprint density at radius 3 is 2.80 bits per heavy atom. The van der Waals surface area contributed by atoms with Crippen LogP contribution in [-0.2, 0) is 16.0 Å². The largest absolute Gasteiger partial charge is 0.369 e. The van der Waals surface area contributed by atoms with Gasteiger partial charge in [-0.15, -0.1) is 0 Å². The quantitative estimate of drug-likeness (QED) is 0.807. The molecule has 104 valence electrons. The van der Waals surface area contributed by atoms with Gasteiger partial charge in [-0.25, -0.2) is 0 Å². The Bertz CT molecular complexity index is 590. The van der Waals surface area contributed by atoms with E-state index in [1.807, 2.05) is 30.3 Å². The number of Topliss-reactive ketones (excluding diaryl/α,β-unsaturated/α-hetero) is 1. The molecule has 0 saturated heterocycles. The van der Waals surface area contributed by atoms with Crippen LogP contribution in [0.4, 0.5) is 0 Å². The van der Waals surface area contributed by atoms with Crippen molar-refractivity contribution in [2.75, 3.05) is 7.11 Å². The Balaban J connectivity index is 1.75. The molecule has 1 heterocycles. The zero-order valence-electron chi connectivity index (χ0n) is 11.3. The molecule has 5 nitrogen and oxygen atoms in total. The van der Waals surface area contributed by atoms with Crippen LogP contribution in [0.3, 0.4) is 0 Å². The van der Waals surface area contributed by atoms with Gasteiger partial charge < -0.3 is 9.26 Å². The van der Waals surface area contributed by atoms with Crippen LogP contribution >= 0.6 is 0 Å². The number of ketones is 1. The van der Waals surface area contributed by atoms with E-state index in [2.05, 4.69) is 10.1 Å². The number of carbonyl (C=O) groups is 1. The standard InChI is InChI=1S/C15H16N2O3/c1-19-14(11-5-3-2-4-6-11)15-16-13(20-17-15)9-12(18)10-7-8-10/h2-6,10,14H,7-9H2,1H3. The summed E-state index contributed by atoms with van der Waals surface area (Å²) in [4.78, 5) is 16.0. The highest BCUT2D eigenvalue weighted by Crippen LogP contribution is 2.31. The zero-order valence-corrected chi connectivity index (χ0v) is 11.3. The summed E-state index contributed by atoms with van der Waals surface area (Å²) < 4.78 is 10.6. The first-order valence-electron chi connectivity index (χ1n) is 6.71. The van der Waals surface area contributed by atoms with E-state index < -0.39 is 0 Å². The number of carbonyl (C=O) groups excluding carboxylic acids is 1. The van der Waals surface area contributed by atoms with Crippen LogP contribution in [0.2, 0.25) is 0 Å². The number of ether oxygens (including phenoxy) is 1. The third-order valence-electron chi connectivity index (χ3n) is 3.41. The maximum atomic E-state index is 11.7. The molecule has 0 amide bonds. The van der Waals surface area contributed by atoms with E-state index in [0.717, 1.165) is 18.4 Å². The lowest BCUT2D eigenvalue weighted by molar-refractivity contribution is -0.119. The van der Waals surface area contributed by atoms with Crippen LogP contribution < -0.4 is 0 Å². The van der Waals surface area contributed by atoms with Crippen LogP contribution in [0.15, 0.2) is 34.9 Å². The maximum absolute atomic E-state index is 11.7. The first-order valence-corrected chi connectivity index (χ1v) is 6.71. The van der Waals surface area contributed by atoms with Crippen LogP contribution in [0.1, 0.15) is 36.2 Å². The van der Waals surface area contributed by atoms with Crippen molar-refractivity contribution in [3.8, 4) is 0 Å². The van der Waals surface area contributed by atoms with E-state index in [9.17, 15) is 4.79 Å². The van der Waals surface area contributed by atoms with Crippen LogP contribution in [0.25, 0.3) is 0 Å². The molecule has 1 aromatic heterocycles. The molecule has 1 aromatic carbocycles. The molecule has 20 heavy (non-hydrogen) atoms. The van der Waals surface area contributed by atoms with Crippen LogP contribution in [0.5, 0.6) is 0 Å². The van der Waals surface area contributed by atoms with Crippen LogP contribution in [-0.4, -0.2) is 23.0 Å². The van der Waals surface area contributed by atoms with Gasteiger partial charge in [0, 0.05) is 13.0 Å². The first kappa shape index (κ1) is 13.0. The molecular formula is C15H16N2O3. The smallest absolute Gasteiger partial charge is 0.234 e. The van der Waals surface area contributed by atoms with Gasteiger partial charge in [-0.1, -0.05) is 35.5 Å². The Labute approximate surface area is 116 Å². The number of hydrogen-bond donors (Lipinski definition) is 0. The molecule has 0 aliphatic heterocycles. The van der Waals surface area contributed by atoms with Gasteiger partial charge in [-0.2, -0.15) is 4.98 Å². The van der Waals surface area contributed by atoms with Gasteiger partial charge in [-0.05, 0) is 18.4 Å².